The molecule has 0 aliphatic carbocycles. The van der Waals surface area contributed by atoms with Crippen molar-refractivity contribution in [2.24, 2.45) is 0 Å². The van der Waals surface area contributed by atoms with Crippen LogP contribution < -0.4 is 10.1 Å². The molecule has 0 heterocycles. The minimum Gasteiger partial charge on any atom is -0.481 e. The van der Waals surface area contributed by atoms with Crippen LogP contribution in [0.2, 0.25) is 5.02 Å². The molecule has 2 unspecified atom stereocenters. The predicted octanol–water partition coefficient (Wildman–Crippen LogP) is 2.79. The molecule has 0 aliphatic heterocycles. The number of carbonyl (C=O) groups is 2. The third-order valence-corrected chi connectivity index (χ3v) is 3.81. The molecule has 1 rings (SSSR count). The van der Waals surface area contributed by atoms with Crippen LogP contribution in [0.3, 0.4) is 0 Å². The van der Waals surface area contributed by atoms with Crippen molar-refractivity contribution in [2.45, 2.75) is 45.8 Å². The minimum atomic E-state index is -1.30. The summed E-state index contributed by atoms with van der Waals surface area (Å²) in [5, 5.41) is 12.3. The summed E-state index contributed by atoms with van der Waals surface area (Å²) in [4.78, 5) is 23.2. The summed E-state index contributed by atoms with van der Waals surface area (Å²) in [6.45, 7) is 6.56. The molecule has 116 valence electrons. The second-order valence-electron chi connectivity index (χ2n) is 5.15. The highest BCUT2D eigenvalue weighted by Gasteiger charge is 2.34. The van der Waals surface area contributed by atoms with Crippen molar-refractivity contribution in [3.05, 3.63) is 28.8 Å². The summed E-state index contributed by atoms with van der Waals surface area (Å²) in [6.07, 6.45) is -0.531. The minimum absolute atomic E-state index is 0.279. The average Bonchev–Trinajstić information content (AvgIpc) is 2.42. The van der Waals surface area contributed by atoms with Crippen molar-refractivity contribution in [3.63, 3.8) is 0 Å². The van der Waals surface area contributed by atoms with Crippen LogP contribution in [-0.2, 0) is 9.59 Å². The summed E-state index contributed by atoms with van der Waals surface area (Å²) in [5.74, 6) is -1.05. The first kappa shape index (κ1) is 17.3. The van der Waals surface area contributed by atoms with Gasteiger partial charge in [-0.15, -0.1) is 0 Å². The molecule has 0 saturated heterocycles. The number of benzene rings is 1. The lowest BCUT2D eigenvalue weighted by atomic mass is 9.99. The molecule has 0 saturated carbocycles. The van der Waals surface area contributed by atoms with E-state index < -0.39 is 23.5 Å². The predicted molar refractivity (Wildman–Crippen MR) is 80.8 cm³/mol. The number of halogens is 1. The summed E-state index contributed by atoms with van der Waals surface area (Å²) in [7, 11) is 0. The fourth-order valence-corrected chi connectivity index (χ4v) is 1.73. The van der Waals surface area contributed by atoms with Crippen LogP contribution in [0, 0.1) is 6.92 Å². The Labute approximate surface area is 129 Å². The van der Waals surface area contributed by atoms with Crippen LogP contribution in [0.25, 0.3) is 0 Å². The van der Waals surface area contributed by atoms with Crippen LogP contribution in [-0.4, -0.2) is 28.6 Å². The van der Waals surface area contributed by atoms with Gasteiger partial charge in [-0.1, -0.05) is 18.5 Å². The maximum Gasteiger partial charge on any atom is 0.329 e. The summed E-state index contributed by atoms with van der Waals surface area (Å²) in [5.41, 5.74) is -0.462. The number of hydrogen-bond acceptors (Lipinski definition) is 3. The van der Waals surface area contributed by atoms with Crippen molar-refractivity contribution in [1.29, 1.82) is 0 Å². The van der Waals surface area contributed by atoms with Gasteiger partial charge in [0.05, 0.1) is 0 Å². The molecule has 1 aromatic carbocycles. The average molecular weight is 314 g/mol. The number of carboxylic acid groups (broad SMARTS) is 1. The molecule has 0 spiro atoms. The van der Waals surface area contributed by atoms with E-state index >= 15 is 0 Å². The molecule has 0 bridgehead atoms. The van der Waals surface area contributed by atoms with Crippen LogP contribution in [0.4, 0.5) is 0 Å². The number of aliphatic carboxylic acids is 1. The van der Waals surface area contributed by atoms with Gasteiger partial charge in [-0.2, -0.15) is 0 Å². The van der Waals surface area contributed by atoms with Gasteiger partial charge in [-0.05, 0) is 51.0 Å². The SMILES string of the molecule is CCC(C)(NC(=O)C(C)Oc1ccc(Cl)c(C)c1)C(=O)O. The van der Waals surface area contributed by atoms with Crippen molar-refractivity contribution in [3.8, 4) is 5.75 Å². The van der Waals surface area contributed by atoms with Gasteiger partial charge in [0.1, 0.15) is 11.3 Å². The van der Waals surface area contributed by atoms with Crippen LogP contribution in [0.15, 0.2) is 18.2 Å². The van der Waals surface area contributed by atoms with E-state index in [-0.39, 0.29) is 6.42 Å². The first-order valence-electron chi connectivity index (χ1n) is 6.68. The molecule has 0 aliphatic rings. The molecule has 6 heteroatoms. The number of carbonyl (C=O) groups excluding carboxylic acids is 1. The molecule has 0 aromatic heterocycles. The molecule has 2 N–H and O–H groups in total. The smallest absolute Gasteiger partial charge is 0.329 e. The van der Waals surface area contributed by atoms with Crippen molar-refractivity contribution in [2.75, 3.05) is 0 Å². The maximum absolute atomic E-state index is 12.1. The molecule has 5 nitrogen and oxygen atoms in total. The number of aryl methyl sites for hydroxylation is 1. The Morgan fingerprint density at radius 1 is 1.48 bits per heavy atom. The standard InChI is InChI=1S/C15H20ClNO4/c1-5-15(4,14(19)20)17-13(18)10(3)21-11-6-7-12(16)9(2)8-11/h6-8,10H,5H2,1-4H3,(H,17,18)(H,19,20). The Morgan fingerprint density at radius 3 is 2.57 bits per heavy atom. The van der Waals surface area contributed by atoms with E-state index in [0.29, 0.717) is 10.8 Å². The Bertz CT molecular complexity index is 546. The number of carboxylic acids is 1. The Balaban J connectivity index is 2.74. The number of amides is 1. The van der Waals surface area contributed by atoms with E-state index in [1.165, 1.54) is 6.92 Å². The fraction of sp³-hybridized carbons (Fsp3) is 0.467. The Morgan fingerprint density at radius 2 is 2.10 bits per heavy atom. The zero-order valence-electron chi connectivity index (χ0n) is 12.6. The monoisotopic (exact) mass is 313 g/mol. The third kappa shape index (κ3) is 4.36. The van der Waals surface area contributed by atoms with E-state index in [1.54, 1.807) is 32.0 Å². The van der Waals surface area contributed by atoms with Gasteiger partial charge < -0.3 is 15.2 Å². The fourth-order valence-electron chi connectivity index (χ4n) is 1.61. The van der Waals surface area contributed by atoms with E-state index in [9.17, 15) is 9.59 Å². The zero-order chi connectivity index (χ0) is 16.2. The number of nitrogens with one attached hydrogen (secondary N) is 1. The molecule has 1 aromatic rings. The topological polar surface area (TPSA) is 75.6 Å². The quantitative estimate of drug-likeness (QED) is 0.846. The van der Waals surface area contributed by atoms with Crippen molar-refractivity contribution in [1.82, 2.24) is 5.32 Å². The summed E-state index contributed by atoms with van der Waals surface area (Å²) in [6, 6.07) is 5.07. The van der Waals surface area contributed by atoms with Gasteiger partial charge >= 0.3 is 5.97 Å². The van der Waals surface area contributed by atoms with E-state index in [0.717, 1.165) is 5.56 Å². The lowest BCUT2D eigenvalue weighted by Crippen LogP contribution is -2.54. The maximum atomic E-state index is 12.1. The van der Waals surface area contributed by atoms with E-state index in [2.05, 4.69) is 5.32 Å². The van der Waals surface area contributed by atoms with Gasteiger partial charge in [-0.3, -0.25) is 4.79 Å². The second kappa shape index (κ2) is 6.80. The van der Waals surface area contributed by atoms with Gasteiger partial charge in [0, 0.05) is 5.02 Å². The number of hydrogen-bond donors (Lipinski definition) is 2. The highest BCUT2D eigenvalue weighted by Crippen LogP contribution is 2.22. The Hall–Kier alpha value is -1.75. The lowest BCUT2D eigenvalue weighted by Gasteiger charge is -2.26. The number of ether oxygens (including phenoxy) is 1. The van der Waals surface area contributed by atoms with Gasteiger partial charge in [-0.25, -0.2) is 4.79 Å². The molecule has 21 heavy (non-hydrogen) atoms. The van der Waals surface area contributed by atoms with E-state index in [4.69, 9.17) is 21.4 Å². The van der Waals surface area contributed by atoms with Crippen molar-refractivity contribution >= 4 is 23.5 Å². The molecule has 0 radical (unpaired) electrons. The Kier molecular flexibility index (Phi) is 5.61. The van der Waals surface area contributed by atoms with Gasteiger partial charge in [0.2, 0.25) is 0 Å². The van der Waals surface area contributed by atoms with Gasteiger partial charge in [0.15, 0.2) is 6.10 Å². The lowest BCUT2D eigenvalue weighted by molar-refractivity contribution is -0.148. The first-order chi connectivity index (χ1) is 9.69. The van der Waals surface area contributed by atoms with Crippen LogP contribution in [0.1, 0.15) is 32.8 Å². The number of rotatable bonds is 6. The summed E-state index contributed by atoms with van der Waals surface area (Å²) >= 11 is 5.92. The third-order valence-electron chi connectivity index (χ3n) is 3.39. The van der Waals surface area contributed by atoms with E-state index in [1.807, 2.05) is 6.92 Å². The highest BCUT2D eigenvalue weighted by atomic mass is 35.5. The molecule has 0 fully saturated rings. The van der Waals surface area contributed by atoms with Crippen LogP contribution in [0.5, 0.6) is 5.75 Å². The second-order valence-corrected chi connectivity index (χ2v) is 5.56. The van der Waals surface area contributed by atoms with Crippen LogP contribution >= 0.6 is 11.6 Å². The van der Waals surface area contributed by atoms with Crippen molar-refractivity contribution < 1.29 is 19.4 Å². The molecular formula is C15H20ClNO4. The highest BCUT2D eigenvalue weighted by molar-refractivity contribution is 6.31. The zero-order valence-corrected chi connectivity index (χ0v) is 13.3. The molecular weight excluding hydrogens is 294 g/mol. The normalized spacial score (nSPS) is 14.9. The largest absolute Gasteiger partial charge is 0.481 e. The summed E-state index contributed by atoms with van der Waals surface area (Å²) < 4.78 is 5.52. The van der Waals surface area contributed by atoms with Gasteiger partial charge in [0.25, 0.3) is 5.91 Å². The first-order valence-corrected chi connectivity index (χ1v) is 7.05. The molecule has 1 amide bonds. The molecule has 2 atom stereocenters.